The third kappa shape index (κ3) is 10.3. The summed E-state index contributed by atoms with van der Waals surface area (Å²) < 4.78 is 0. The normalized spacial score (nSPS) is 14.6. The smallest absolute Gasteiger partial charge is 0.0740 e. The van der Waals surface area contributed by atoms with Crippen LogP contribution in [-0.4, -0.2) is 19.9 Å². The molecule has 0 radical (unpaired) electrons. The quantitative estimate of drug-likeness (QED) is 0.128. The lowest BCUT2D eigenvalue weighted by molar-refractivity contribution is 0.763. The number of nitrogens with zero attached hydrogens (tertiary/aromatic N) is 4. The van der Waals surface area contributed by atoms with Crippen LogP contribution in [0.3, 0.4) is 0 Å². The van der Waals surface area contributed by atoms with Gasteiger partial charge in [-0.2, -0.15) is 0 Å². The molecule has 20 aromatic rings. The topological polar surface area (TPSA) is 51.6 Å². The first-order valence-electron chi connectivity index (χ1n) is 39.2. The maximum atomic E-state index is 5.22. The van der Waals surface area contributed by atoms with Crippen LogP contribution in [-0.2, 0) is 10.8 Å². The standard InChI is InChI=1S/C55H34N2.C55H36N2/c1-2-12-35(13-3-1)36-22-24-37(25-23-36)53-44-16-4-6-18-46(44)54(47-19-7-5-17-45(47)53)39-27-29-52(57-33-39)38-26-28-42-40-14-8-10-20-48(40)55(50(42)32-38)49-21-11-9-15-41(49)43-30-31-56-34-51(43)55;1-3-14-37(15-4-1)38-25-27-39(28-26-38)53-46-20-7-9-22-48(46)54(49-23-10-8-21-47(49)53)41-30-32-52(57-35-41)40-29-31-45-44-19-11-12-24-50(44)55(51(45)34-40,42-16-5-2-6-17-42)43-18-13-33-56-36-43/h1-34H;1-36H. The maximum Gasteiger partial charge on any atom is 0.0740 e. The molecule has 1 spiro atoms. The van der Waals surface area contributed by atoms with Gasteiger partial charge in [-0.25, -0.2) is 0 Å². The number of hydrogen-bond acceptors (Lipinski definition) is 4. The van der Waals surface area contributed by atoms with Crippen molar-refractivity contribution in [3.63, 3.8) is 0 Å². The van der Waals surface area contributed by atoms with Crippen LogP contribution in [0.5, 0.6) is 0 Å². The monoisotopic (exact) mass is 1450 g/mol. The molecule has 0 saturated carbocycles. The highest BCUT2D eigenvalue weighted by molar-refractivity contribution is 6.23. The predicted octanol–water partition coefficient (Wildman–Crippen LogP) is 27.6. The number of benzene rings is 16. The lowest BCUT2D eigenvalue weighted by atomic mass is 9.68. The summed E-state index contributed by atoms with van der Waals surface area (Å²) in [5.74, 6) is 0. The van der Waals surface area contributed by atoms with Crippen molar-refractivity contribution in [1.29, 1.82) is 0 Å². The Morgan fingerprint density at radius 1 is 0.167 bits per heavy atom. The van der Waals surface area contributed by atoms with Gasteiger partial charge in [-0.15, -0.1) is 0 Å². The summed E-state index contributed by atoms with van der Waals surface area (Å²) in [4.78, 5) is 19.8. The highest BCUT2D eigenvalue weighted by atomic mass is 14.7. The largest absolute Gasteiger partial charge is 0.264 e. The van der Waals surface area contributed by atoms with E-state index < -0.39 is 10.8 Å². The molecule has 0 amide bonds. The molecule has 2 unspecified atom stereocenters. The Labute approximate surface area is 662 Å². The average molecular weight is 1450 g/mol. The van der Waals surface area contributed by atoms with E-state index in [0.717, 1.165) is 39.2 Å². The van der Waals surface area contributed by atoms with Gasteiger partial charge in [0.2, 0.25) is 0 Å². The molecule has 23 rings (SSSR count). The molecule has 530 valence electrons. The van der Waals surface area contributed by atoms with Crippen molar-refractivity contribution in [1.82, 2.24) is 19.9 Å². The summed E-state index contributed by atoms with van der Waals surface area (Å²) in [7, 11) is 0. The lowest BCUT2D eigenvalue weighted by Crippen LogP contribution is -2.28. The molecular formula is C110H70N4. The zero-order valence-electron chi connectivity index (χ0n) is 62.2. The van der Waals surface area contributed by atoms with Crippen LogP contribution in [0.1, 0.15) is 44.5 Å². The van der Waals surface area contributed by atoms with E-state index in [2.05, 4.69) is 406 Å². The third-order valence-electron chi connectivity index (χ3n) is 24.4. The Morgan fingerprint density at radius 2 is 0.474 bits per heavy atom. The molecule has 0 aliphatic heterocycles. The first kappa shape index (κ1) is 66.2. The van der Waals surface area contributed by atoms with E-state index in [4.69, 9.17) is 15.0 Å². The van der Waals surface area contributed by atoms with Crippen molar-refractivity contribution in [3.8, 4) is 123 Å². The zero-order chi connectivity index (χ0) is 75.3. The Bertz CT molecular complexity index is 6600. The summed E-state index contributed by atoms with van der Waals surface area (Å²) in [6.07, 6.45) is 12.0. The Kier molecular flexibility index (Phi) is 15.7. The van der Waals surface area contributed by atoms with Gasteiger partial charge in [-0.1, -0.05) is 352 Å². The molecule has 3 aliphatic carbocycles. The second kappa shape index (κ2) is 27.0. The molecule has 4 nitrogen and oxygen atoms in total. The molecule has 0 fully saturated rings. The van der Waals surface area contributed by atoms with Crippen molar-refractivity contribution < 1.29 is 0 Å². The molecule has 3 aliphatic rings. The summed E-state index contributed by atoms with van der Waals surface area (Å²) in [6.45, 7) is 0. The Balaban J connectivity index is 0.000000139. The van der Waals surface area contributed by atoms with Gasteiger partial charge < -0.3 is 0 Å². The fourth-order valence-electron chi connectivity index (χ4n) is 19.5. The lowest BCUT2D eigenvalue weighted by Gasteiger charge is -2.33. The summed E-state index contributed by atoms with van der Waals surface area (Å²) in [5, 5.41) is 9.80. The van der Waals surface area contributed by atoms with Crippen molar-refractivity contribution in [2.75, 3.05) is 0 Å². The highest BCUT2D eigenvalue weighted by Gasteiger charge is 2.52. The highest BCUT2D eigenvalue weighted by Crippen LogP contribution is 2.63. The van der Waals surface area contributed by atoms with Gasteiger partial charge >= 0.3 is 0 Å². The van der Waals surface area contributed by atoms with Crippen LogP contribution in [0.15, 0.2) is 425 Å². The van der Waals surface area contributed by atoms with E-state index in [-0.39, 0.29) is 0 Å². The number of rotatable bonds is 10. The van der Waals surface area contributed by atoms with Crippen LogP contribution in [0.25, 0.3) is 166 Å². The van der Waals surface area contributed by atoms with Crippen molar-refractivity contribution >= 4 is 43.1 Å². The first-order valence-corrected chi connectivity index (χ1v) is 39.2. The van der Waals surface area contributed by atoms with Gasteiger partial charge in [0.15, 0.2) is 0 Å². The van der Waals surface area contributed by atoms with E-state index in [9.17, 15) is 0 Å². The molecule has 4 heterocycles. The predicted molar refractivity (Wildman–Crippen MR) is 471 cm³/mol. The summed E-state index contributed by atoms with van der Waals surface area (Å²) in [5.41, 5.74) is 35.2. The maximum absolute atomic E-state index is 5.22. The average Bonchev–Trinajstić information content (AvgIpc) is 1.51. The van der Waals surface area contributed by atoms with Crippen LogP contribution in [0.4, 0.5) is 0 Å². The van der Waals surface area contributed by atoms with Crippen LogP contribution in [0, 0.1) is 0 Å². The Morgan fingerprint density at radius 3 is 0.877 bits per heavy atom. The molecule has 114 heavy (non-hydrogen) atoms. The minimum atomic E-state index is -0.515. The molecule has 4 aromatic heterocycles. The minimum Gasteiger partial charge on any atom is -0.264 e. The van der Waals surface area contributed by atoms with E-state index in [1.807, 2.05) is 24.7 Å². The van der Waals surface area contributed by atoms with E-state index in [0.29, 0.717) is 0 Å². The van der Waals surface area contributed by atoms with Crippen molar-refractivity contribution in [2.24, 2.45) is 0 Å². The van der Waals surface area contributed by atoms with Crippen LogP contribution >= 0.6 is 0 Å². The van der Waals surface area contributed by atoms with Gasteiger partial charge in [0.25, 0.3) is 0 Å². The summed E-state index contributed by atoms with van der Waals surface area (Å²) >= 11 is 0. The molecule has 0 bridgehead atoms. The summed E-state index contributed by atoms with van der Waals surface area (Å²) in [6, 6.07) is 141. The van der Waals surface area contributed by atoms with Gasteiger partial charge in [-0.3, -0.25) is 19.9 Å². The van der Waals surface area contributed by atoms with Crippen molar-refractivity contribution in [3.05, 3.63) is 470 Å². The van der Waals surface area contributed by atoms with Crippen LogP contribution < -0.4 is 0 Å². The Hall–Kier alpha value is -14.8. The third-order valence-corrected chi connectivity index (χ3v) is 24.4. The second-order valence-electron chi connectivity index (χ2n) is 30.1. The van der Waals surface area contributed by atoms with Gasteiger partial charge in [0, 0.05) is 59.4 Å². The second-order valence-corrected chi connectivity index (χ2v) is 30.1. The van der Waals surface area contributed by atoms with E-state index in [1.165, 1.54) is 171 Å². The molecule has 4 heteroatoms. The molecule has 0 N–H and O–H groups in total. The van der Waals surface area contributed by atoms with E-state index in [1.54, 1.807) is 0 Å². The minimum absolute atomic E-state index is 0.441. The van der Waals surface area contributed by atoms with Gasteiger partial charge in [-0.05, 0) is 213 Å². The van der Waals surface area contributed by atoms with Gasteiger partial charge in [0.1, 0.15) is 0 Å². The van der Waals surface area contributed by atoms with Gasteiger partial charge in [0.05, 0.1) is 22.2 Å². The zero-order valence-corrected chi connectivity index (χ0v) is 62.2. The molecular weight excluding hydrogens is 1380 g/mol. The van der Waals surface area contributed by atoms with Crippen molar-refractivity contribution in [2.45, 2.75) is 10.8 Å². The number of pyridine rings is 4. The number of hydrogen-bond donors (Lipinski definition) is 0. The number of aromatic nitrogens is 4. The molecule has 16 aromatic carbocycles. The molecule has 2 atom stereocenters. The van der Waals surface area contributed by atoms with Crippen LogP contribution in [0.2, 0.25) is 0 Å². The fraction of sp³-hybridized carbons (Fsp3) is 0.0182. The molecule has 0 saturated heterocycles. The first-order chi connectivity index (χ1) is 56.6. The number of fused-ring (bicyclic) bond motifs is 17. The SMILES string of the molecule is c1ccc(-c2ccc(-c3c4ccccc4c(-c4ccc(-c5ccc6c(c5)C(c5ccccc5)(c5cccnc5)c5ccccc5-6)nc4)c4ccccc34)cc2)cc1.c1ccc(-c2ccc(-c3c4ccccc4c(-c4ccc(-c5ccc6c(c5)C5(c7ccccc7-c7ccncc75)c5ccccc5-6)nc4)c4ccccc34)cc2)cc1. The van der Waals surface area contributed by atoms with E-state index >= 15 is 0 Å². The fourth-order valence-corrected chi connectivity index (χ4v) is 19.5.